The molecule has 0 amide bonds. The van der Waals surface area contributed by atoms with E-state index in [0.717, 1.165) is 23.2 Å². The van der Waals surface area contributed by atoms with Crippen LogP contribution in [-0.2, 0) is 0 Å². The summed E-state index contributed by atoms with van der Waals surface area (Å²) in [4.78, 5) is 8.29. The summed E-state index contributed by atoms with van der Waals surface area (Å²) in [5.41, 5.74) is 0. The lowest BCUT2D eigenvalue weighted by molar-refractivity contribution is 0.410. The quantitative estimate of drug-likeness (QED) is 0.827. The van der Waals surface area contributed by atoms with Crippen LogP contribution in [-0.4, -0.2) is 28.8 Å². The number of halogens is 1. The zero-order chi connectivity index (χ0) is 9.64. The Morgan fingerprint density at radius 2 is 2.40 bits per heavy atom. The van der Waals surface area contributed by atoms with Crippen molar-refractivity contribution in [3.63, 3.8) is 0 Å². The normalized spacial score (nSPS) is 20.7. The first kappa shape index (κ1) is 12.7. The van der Waals surface area contributed by atoms with Crippen LogP contribution in [0.2, 0.25) is 0 Å². The van der Waals surface area contributed by atoms with Gasteiger partial charge in [0.15, 0.2) is 0 Å². The van der Waals surface area contributed by atoms with E-state index in [-0.39, 0.29) is 12.4 Å². The third-order valence-electron chi connectivity index (χ3n) is 2.41. The molecule has 3 nitrogen and oxygen atoms in total. The number of piperidine rings is 1. The van der Waals surface area contributed by atoms with Gasteiger partial charge < -0.3 is 5.32 Å². The highest BCUT2D eigenvalue weighted by Gasteiger charge is 2.13. The first-order valence-electron chi connectivity index (χ1n) is 5.04. The Kier molecular flexibility index (Phi) is 5.98. The Morgan fingerprint density at radius 3 is 3.07 bits per heavy atom. The van der Waals surface area contributed by atoms with Gasteiger partial charge in [0.1, 0.15) is 5.03 Å². The van der Waals surface area contributed by atoms with Gasteiger partial charge in [-0.1, -0.05) is 0 Å². The zero-order valence-corrected chi connectivity index (χ0v) is 10.2. The van der Waals surface area contributed by atoms with Crippen molar-refractivity contribution in [3.05, 3.63) is 18.6 Å². The molecule has 0 saturated carbocycles. The summed E-state index contributed by atoms with van der Waals surface area (Å²) in [5.74, 6) is 1.96. The van der Waals surface area contributed by atoms with Gasteiger partial charge in [-0.3, -0.25) is 4.98 Å². The van der Waals surface area contributed by atoms with Crippen LogP contribution in [0.5, 0.6) is 0 Å². The number of hydrogen-bond acceptors (Lipinski definition) is 4. The van der Waals surface area contributed by atoms with E-state index in [1.165, 1.54) is 19.4 Å². The van der Waals surface area contributed by atoms with Crippen LogP contribution in [0.25, 0.3) is 0 Å². The number of thioether (sulfide) groups is 1. The summed E-state index contributed by atoms with van der Waals surface area (Å²) in [6.45, 7) is 2.35. The molecule has 84 valence electrons. The minimum Gasteiger partial charge on any atom is -0.316 e. The number of hydrogen-bond donors (Lipinski definition) is 1. The van der Waals surface area contributed by atoms with Gasteiger partial charge in [-0.05, 0) is 31.8 Å². The van der Waals surface area contributed by atoms with Crippen molar-refractivity contribution in [3.8, 4) is 0 Å². The summed E-state index contributed by atoms with van der Waals surface area (Å²) in [6.07, 6.45) is 7.96. The second kappa shape index (κ2) is 7.04. The van der Waals surface area contributed by atoms with Crippen LogP contribution >= 0.6 is 24.2 Å². The molecule has 2 heterocycles. The topological polar surface area (TPSA) is 37.8 Å². The van der Waals surface area contributed by atoms with E-state index in [0.29, 0.717) is 0 Å². The van der Waals surface area contributed by atoms with Gasteiger partial charge in [-0.15, -0.1) is 24.2 Å². The minimum atomic E-state index is 0. The largest absolute Gasteiger partial charge is 0.316 e. The van der Waals surface area contributed by atoms with Crippen LogP contribution < -0.4 is 5.32 Å². The molecule has 1 saturated heterocycles. The fourth-order valence-corrected chi connectivity index (χ4v) is 2.59. The average molecular weight is 246 g/mol. The van der Waals surface area contributed by atoms with Gasteiger partial charge in [-0.2, -0.15) is 0 Å². The van der Waals surface area contributed by atoms with Crippen LogP contribution in [0.4, 0.5) is 0 Å². The summed E-state index contributed by atoms with van der Waals surface area (Å²) in [6, 6.07) is 0. The lowest BCUT2D eigenvalue weighted by Crippen LogP contribution is -2.30. The summed E-state index contributed by atoms with van der Waals surface area (Å²) in [5, 5.41) is 4.46. The molecule has 2 rings (SSSR count). The third kappa shape index (κ3) is 4.36. The second-order valence-corrected chi connectivity index (χ2v) is 4.61. The van der Waals surface area contributed by atoms with E-state index in [2.05, 4.69) is 15.3 Å². The predicted molar refractivity (Wildman–Crippen MR) is 65.6 cm³/mol. The summed E-state index contributed by atoms with van der Waals surface area (Å²) >= 11 is 1.81. The molecular weight excluding hydrogens is 230 g/mol. The Bertz CT molecular complexity index is 265. The molecule has 0 bridgehead atoms. The van der Waals surface area contributed by atoms with E-state index in [1.807, 2.05) is 18.0 Å². The van der Waals surface area contributed by atoms with Gasteiger partial charge in [0.05, 0.1) is 6.20 Å². The van der Waals surface area contributed by atoms with Crippen LogP contribution in [0.3, 0.4) is 0 Å². The SMILES string of the molecule is Cl.c1cnc(SCC2CCCNC2)cn1. The highest BCUT2D eigenvalue weighted by molar-refractivity contribution is 7.99. The zero-order valence-electron chi connectivity index (χ0n) is 8.56. The first-order chi connectivity index (χ1) is 6.95. The Balaban J connectivity index is 0.00000112. The molecule has 1 aliphatic heterocycles. The van der Waals surface area contributed by atoms with Crippen molar-refractivity contribution in [2.24, 2.45) is 5.92 Å². The van der Waals surface area contributed by atoms with Crippen molar-refractivity contribution in [2.45, 2.75) is 17.9 Å². The molecule has 0 aromatic carbocycles. The van der Waals surface area contributed by atoms with Crippen molar-refractivity contribution in [1.29, 1.82) is 0 Å². The van der Waals surface area contributed by atoms with Gasteiger partial charge in [0.25, 0.3) is 0 Å². The molecule has 1 fully saturated rings. The van der Waals surface area contributed by atoms with Crippen LogP contribution in [0.1, 0.15) is 12.8 Å². The highest BCUT2D eigenvalue weighted by atomic mass is 35.5. The fraction of sp³-hybridized carbons (Fsp3) is 0.600. The molecule has 0 aliphatic carbocycles. The molecule has 15 heavy (non-hydrogen) atoms. The molecule has 1 atom stereocenters. The molecule has 1 aromatic heterocycles. The highest BCUT2D eigenvalue weighted by Crippen LogP contribution is 2.21. The van der Waals surface area contributed by atoms with E-state index >= 15 is 0 Å². The number of rotatable bonds is 3. The maximum Gasteiger partial charge on any atom is 0.114 e. The van der Waals surface area contributed by atoms with Gasteiger partial charge >= 0.3 is 0 Å². The number of nitrogens with zero attached hydrogens (tertiary/aromatic N) is 2. The van der Waals surface area contributed by atoms with Gasteiger partial charge in [0.2, 0.25) is 0 Å². The van der Waals surface area contributed by atoms with Crippen molar-refractivity contribution < 1.29 is 0 Å². The van der Waals surface area contributed by atoms with E-state index in [1.54, 1.807) is 12.4 Å². The van der Waals surface area contributed by atoms with Crippen molar-refractivity contribution in [2.75, 3.05) is 18.8 Å². The Morgan fingerprint density at radius 1 is 1.47 bits per heavy atom. The smallest absolute Gasteiger partial charge is 0.114 e. The van der Waals surface area contributed by atoms with Gasteiger partial charge in [0, 0.05) is 18.1 Å². The van der Waals surface area contributed by atoms with Crippen molar-refractivity contribution >= 4 is 24.2 Å². The molecule has 5 heteroatoms. The Hall–Kier alpha value is -0.320. The lowest BCUT2D eigenvalue weighted by atomic mass is 10.0. The van der Waals surface area contributed by atoms with Gasteiger partial charge in [-0.25, -0.2) is 4.98 Å². The molecule has 0 spiro atoms. The summed E-state index contributed by atoms with van der Waals surface area (Å²) < 4.78 is 0. The predicted octanol–water partition coefficient (Wildman–Crippen LogP) is 1.99. The molecule has 1 aliphatic rings. The average Bonchev–Trinajstić information content (AvgIpc) is 2.29. The standard InChI is InChI=1S/C10H15N3S.ClH/c1-2-9(6-11-3-1)8-14-10-7-12-4-5-13-10;/h4-5,7,9,11H,1-3,6,8H2;1H. The summed E-state index contributed by atoms with van der Waals surface area (Å²) in [7, 11) is 0. The van der Waals surface area contributed by atoms with E-state index in [4.69, 9.17) is 0 Å². The molecule has 1 N–H and O–H groups in total. The first-order valence-corrected chi connectivity index (χ1v) is 6.03. The number of nitrogens with one attached hydrogen (secondary N) is 1. The maximum absolute atomic E-state index is 4.24. The molecule has 1 unspecified atom stereocenters. The van der Waals surface area contributed by atoms with E-state index in [9.17, 15) is 0 Å². The molecular formula is C10H16ClN3S. The second-order valence-electron chi connectivity index (χ2n) is 3.57. The lowest BCUT2D eigenvalue weighted by Gasteiger charge is -2.21. The Labute approximate surface area is 101 Å². The molecule has 1 aromatic rings. The molecule has 0 radical (unpaired) electrons. The van der Waals surface area contributed by atoms with Crippen LogP contribution in [0, 0.1) is 5.92 Å². The minimum absolute atomic E-state index is 0. The van der Waals surface area contributed by atoms with E-state index < -0.39 is 0 Å². The monoisotopic (exact) mass is 245 g/mol. The van der Waals surface area contributed by atoms with Crippen LogP contribution in [0.15, 0.2) is 23.6 Å². The third-order valence-corrected chi connectivity index (χ3v) is 3.55. The maximum atomic E-state index is 4.24. The number of aromatic nitrogens is 2. The fourth-order valence-electron chi connectivity index (χ4n) is 1.63. The van der Waals surface area contributed by atoms with Crippen molar-refractivity contribution in [1.82, 2.24) is 15.3 Å².